The molecule has 1 aromatic heterocycles. The van der Waals surface area contributed by atoms with Crippen LogP contribution in [0.15, 0.2) is 18.3 Å². The fourth-order valence-corrected chi connectivity index (χ4v) is 3.93. The number of anilines is 1. The van der Waals surface area contributed by atoms with Gasteiger partial charge in [-0.1, -0.05) is 6.42 Å². The highest BCUT2D eigenvalue weighted by molar-refractivity contribution is 5.92. The summed E-state index contributed by atoms with van der Waals surface area (Å²) < 4.78 is 0. The molecule has 2 aliphatic rings. The zero-order chi connectivity index (χ0) is 14.1. The molecule has 2 aliphatic carbocycles. The average molecular weight is 273 g/mol. The van der Waals surface area contributed by atoms with Gasteiger partial charge in [-0.05, 0) is 49.1 Å². The SMILES string of the molecule is CNc1ccnc(C(=O)N(C)CC2CC3CCC2C3)c1. The van der Waals surface area contributed by atoms with E-state index < -0.39 is 0 Å². The van der Waals surface area contributed by atoms with Gasteiger partial charge in [0.1, 0.15) is 5.69 Å². The van der Waals surface area contributed by atoms with E-state index in [0.29, 0.717) is 11.6 Å². The van der Waals surface area contributed by atoms with E-state index in [1.165, 1.54) is 25.7 Å². The number of nitrogens with zero attached hydrogens (tertiary/aromatic N) is 2. The molecule has 0 saturated heterocycles. The van der Waals surface area contributed by atoms with Crippen LogP contribution in [-0.4, -0.2) is 36.4 Å². The van der Waals surface area contributed by atoms with Gasteiger partial charge in [-0.25, -0.2) is 0 Å². The van der Waals surface area contributed by atoms with Crippen molar-refractivity contribution in [3.63, 3.8) is 0 Å². The van der Waals surface area contributed by atoms with Crippen LogP contribution < -0.4 is 5.32 Å². The molecule has 0 radical (unpaired) electrons. The molecule has 2 saturated carbocycles. The van der Waals surface area contributed by atoms with Gasteiger partial charge >= 0.3 is 0 Å². The summed E-state index contributed by atoms with van der Waals surface area (Å²) in [5, 5.41) is 3.05. The number of hydrogen-bond donors (Lipinski definition) is 1. The Labute approximate surface area is 120 Å². The first kappa shape index (κ1) is 13.4. The van der Waals surface area contributed by atoms with Crippen molar-refractivity contribution in [2.45, 2.75) is 25.7 Å². The molecule has 4 nitrogen and oxygen atoms in total. The fourth-order valence-electron chi connectivity index (χ4n) is 3.93. The Bertz CT molecular complexity index is 502. The maximum absolute atomic E-state index is 12.4. The van der Waals surface area contributed by atoms with Crippen molar-refractivity contribution in [3.05, 3.63) is 24.0 Å². The van der Waals surface area contributed by atoms with Crippen LogP contribution in [-0.2, 0) is 0 Å². The second-order valence-electron chi connectivity index (χ2n) is 6.30. The third-order valence-corrected chi connectivity index (χ3v) is 5.01. The Kier molecular flexibility index (Phi) is 3.64. The van der Waals surface area contributed by atoms with Crippen molar-refractivity contribution in [3.8, 4) is 0 Å². The number of aromatic nitrogens is 1. The molecule has 0 aromatic carbocycles. The van der Waals surface area contributed by atoms with Gasteiger partial charge in [-0.3, -0.25) is 9.78 Å². The smallest absolute Gasteiger partial charge is 0.272 e. The molecule has 1 amide bonds. The number of fused-ring (bicyclic) bond motifs is 2. The quantitative estimate of drug-likeness (QED) is 0.917. The van der Waals surface area contributed by atoms with Crippen molar-refractivity contribution < 1.29 is 4.79 Å². The van der Waals surface area contributed by atoms with Crippen LogP contribution in [0, 0.1) is 17.8 Å². The maximum Gasteiger partial charge on any atom is 0.272 e. The number of amides is 1. The van der Waals surface area contributed by atoms with Gasteiger partial charge < -0.3 is 10.2 Å². The van der Waals surface area contributed by atoms with Crippen LogP contribution in [0.3, 0.4) is 0 Å². The van der Waals surface area contributed by atoms with Crippen LogP contribution in [0.25, 0.3) is 0 Å². The fraction of sp³-hybridized carbons (Fsp3) is 0.625. The van der Waals surface area contributed by atoms with Crippen molar-refractivity contribution in [1.29, 1.82) is 0 Å². The number of nitrogens with one attached hydrogen (secondary N) is 1. The Balaban J connectivity index is 1.64. The van der Waals surface area contributed by atoms with Crippen LogP contribution >= 0.6 is 0 Å². The highest BCUT2D eigenvalue weighted by Crippen LogP contribution is 2.48. The lowest BCUT2D eigenvalue weighted by Gasteiger charge is -2.27. The highest BCUT2D eigenvalue weighted by Gasteiger charge is 2.40. The van der Waals surface area contributed by atoms with Crippen molar-refractivity contribution in [2.24, 2.45) is 17.8 Å². The summed E-state index contributed by atoms with van der Waals surface area (Å²) in [5.74, 6) is 2.52. The topological polar surface area (TPSA) is 45.2 Å². The molecule has 2 bridgehead atoms. The second kappa shape index (κ2) is 5.43. The molecule has 20 heavy (non-hydrogen) atoms. The molecule has 3 atom stereocenters. The van der Waals surface area contributed by atoms with E-state index in [0.717, 1.165) is 24.1 Å². The number of rotatable bonds is 4. The standard InChI is InChI=1S/C16H23N3O/c1-17-14-5-6-18-15(9-14)16(20)19(2)10-13-8-11-3-4-12(13)7-11/h5-6,9,11-13H,3-4,7-8,10H2,1-2H3,(H,17,18). The van der Waals surface area contributed by atoms with Crippen LogP contribution in [0.4, 0.5) is 5.69 Å². The van der Waals surface area contributed by atoms with Gasteiger partial charge in [0.15, 0.2) is 0 Å². The Morgan fingerprint density at radius 1 is 1.45 bits per heavy atom. The molecule has 2 fully saturated rings. The van der Waals surface area contributed by atoms with Crippen molar-refractivity contribution >= 4 is 11.6 Å². The van der Waals surface area contributed by atoms with E-state index >= 15 is 0 Å². The van der Waals surface area contributed by atoms with E-state index in [2.05, 4.69) is 10.3 Å². The second-order valence-corrected chi connectivity index (χ2v) is 6.30. The van der Waals surface area contributed by atoms with Gasteiger partial charge in [-0.15, -0.1) is 0 Å². The number of carbonyl (C=O) groups excluding carboxylic acids is 1. The molecule has 4 heteroatoms. The van der Waals surface area contributed by atoms with Gasteiger partial charge in [0.05, 0.1) is 0 Å². The summed E-state index contributed by atoms with van der Waals surface area (Å²) in [6.07, 6.45) is 7.16. The highest BCUT2D eigenvalue weighted by atomic mass is 16.2. The largest absolute Gasteiger partial charge is 0.388 e. The molecular weight excluding hydrogens is 250 g/mol. The molecule has 108 valence electrons. The first-order valence-corrected chi connectivity index (χ1v) is 7.56. The summed E-state index contributed by atoms with van der Waals surface area (Å²) in [6, 6.07) is 3.69. The Morgan fingerprint density at radius 2 is 2.30 bits per heavy atom. The van der Waals surface area contributed by atoms with Crippen molar-refractivity contribution in [1.82, 2.24) is 9.88 Å². The molecule has 1 heterocycles. The summed E-state index contributed by atoms with van der Waals surface area (Å²) in [4.78, 5) is 18.5. The first-order chi connectivity index (χ1) is 9.67. The van der Waals surface area contributed by atoms with Gasteiger partial charge in [0.25, 0.3) is 5.91 Å². The lowest BCUT2D eigenvalue weighted by Crippen LogP contribution is -2.34. The minimum absolute atomic E-state index is 0.0323. The maximum atomic E-state index is 12.4. The lowest BCUT2D eigenvalue weighted by atomic mass is 9.88. The third-order valence-electron chi connectivity index (χ3n) is 5.01. The number of pyridine rings is 1. The average Bonchev–Trinajstić information content (AvgIpc) is 3.09. The molecule has 3 unspecified atom stereocenters. The van der Waals surface area contributed by atoms with Gasteiger partial charge in [-0.2, -0.15) is 0 Å². The molecule has 0 aliphatic heterocycles. The van der Waals surface area contributed by atoms with Gasteiger partial charge in [0.2, 0.25) is 0 Å². The number of carbonyl (C=O) groups is 1. The van der Waals surface area contributed by atoms with E-state index in [-0.39, 0.29) is 5.91 Å². The Hall–Kier alpha value is -1.58. The lowest BCUT2D eigenvalue weighted by molar-refractivity contribution is 0.0748. The van der Waals surface area contributed by atoms with Gasteiger partial charge in [0, 0.05) is 32.5 Å². The predicted molar refractivity (Wildman–Crippen MR) is 79.7 cm³/mol. The predicted octanol–water partition coefficient (Wildman–Crippen LogP) is 2.63. The summed E-state index contributed by atoms with van der Waals surface area (Å²) in [7, 11) is 3.75. The molecule has 1 N–H and O–H groups in total. The summed E-state index contributed by atoms with van der Waals surface area (Å²) in [6.45, 7) is 0.880. The van der Waals surface area contributed by atoms with Crippen LogP contribution in [0.5, 0.6) is 0 Å². The van der Waals surface area contributed by atoms with E-state index in [1.54, 1.807) is 6.20 Å². The number of hydrogen-bond acceptors (Lipinski definition) is 3. The molecule has 1 aromatic rings. The zero-order valence-electron chi connectivity index (χ0n) is 12.3. The molecule has 3 rings (SSSR count). The van der Waals surface area contributed by atoms with Crippen molar-refractivity contribution in [2.75, 3.05) is 26.0 Å². The van der Waals surface area contributed by atoms with E-state index in [1.807, 2.05) is 31.1 Å². The Morgan fingerprint density at radius 3 is 2.95 bits per heavy atom. The zero-order valence-corrected chi connectivity index (χ0v) is 12.3. The summed E-state index contributed by atoms with van der Waals surface area (Å²) >= 11 is 0. The monoisotopic (exact) mass is 273 g/mol. The van der Waals surface area contributed by atoms with Crippen LogP contribution in [0.1, 0.15) is 36.2 Å². The summed E-state index contributed by atoms with van der Waals surface area (Å²) in [5.41, 5.74) is 1.46. The minimum Gasteiger partial charge on any atom is -0.388 e. The van der Waals surface area contributed by atoms with E-state index in [9.17, 15) is 4.79 Å². The molecular formula is C16H23N3O. The molecule has 0 spiro atoms. The normalized spacial score (nSPS) is 27.6. The third kappa shape index (κ3) is 2.51. The van der Waals surface area contributed by atoms with Crippen LogP contribution in [0.2, 0.25) is 0 Å². The minimum atomic E-state index is 0.0323. The van der Waals surface area contributed by atoms with E-state index in [4.69, 9.17) is 0 Å². The first-order valence-electron chi connectivity index (χ1n) is 7.56.